The Labute approximate surface area is 178 Å². The molecule has 2 heterocycles. The maximum Gasteiger partial charge on any atom is 0.187 e. The van der Waals surface area contributed by atoms with Crippen molar-refractivity contribution in [2.24, 2.45) is 0 Å². The van der Waals surface area contributed by atoms with Crippen molar-refractivity contribution in [3.63, 3.8) is 0 Å². The molecule has 4 nitrogen and oxygen atoms in total. The SMILES string of the molecule is O=S1(=O)c2ccccc2C(N2CCN(Cc3ccccc3)CC2)C1c1ccccc1. The van der Waals surface area contributed by atoms with Crippen LogP contribution in [0.2, 0.25) is 0 Å². The number of sulfone groups is 1. The van der Waals surface area contributed by atoms with Crippen molar-refractivity contribution in [2.75, 3.05) is 26.2 Å². The van der Waals surface area contributed by atoms with Crippen molar-refractivity contribution in [3.05, 3.63) is 102 Å². The van der Waals surface area contributed by atoms with Crippen LogP contribution in [0.15, 0.2) is 89.8 Å². The van der Waals surface area contributed by atoms with Crippen LogP contribution in [0.5, 0.6) is 0 Å². The van der Waals surface area contributed by atoms with Gasteiger partial charge in [-0.25, -0.2) is 8.42 Å². The zero-order valence-corrected chi connectivity index (χ0v) is 17.7. The van der Waals surface area contributed by atoms with Gasteiger partial charge in [0.1, 0.15) is 5.25 Å². The van der Waals surface area contributed by atoms with E-state index in [0.29, 0.717) is 4.90 Å². The Balaban J connectivity index is 1.42. The minimum absolute atomic E-state index is 0.132. The summed E-state index contributed by atoms with van der Waals surface area (Å²) in [6.45, 7) is 4.55. The first-order valence-electron chi connectivity index (χ1n) is 10.5. The molecule has 5 rings (SSSR count). The third-order valence-electron chi connectivity index (χ3n) is 6.34. The zero-order chi connectivity index (χ0) is 20.6. The summed E-state index contributed by atoms with van der Waals surface area (Å²) in [5.41, 5.74) is 3.15. The fraction of sp³-hybridized carbons (Fsp3) is 0.280. The van der Waals surface area contributed by atoms with Crippen molar-refractivity contribution in [1.82, 2.24) is 9.80 Å². The third kappa shape index (κ3) is 3.47. The lowest BCUT2D eigenvalue weighted by molar-refractivity contribution is 0.0901. The van der Waals surface area contributed by atoms with Gasteiger partial charge in [-0.2, -0.15) is 0 Å². The van der Waals surface area contributed by atoms with Gasteiger partial charge in [0.05, 0.1) is 10.9 Å². The molecule has 2 unspecified atom stereocenters. The predicted octanol–water partition coefficient (Wildman–Crippen LogP) is 4.07. The molecule has 0 amide bonds. The van der Waals surface area contributed by atoms with E-state index in [2.05, 4.69) is 34.1 Å². The number of nitrogens with zero attached hydrogens (tertiary/aromatic N) is 2. The lowest BCUT2D eigenvalue weighted by atomic mass is 9.96. The minimum Gasteiger partial charge on any atom is -0.297 e. The highest BCUT2D eigenvalue weighted by molar-refractivity contribution is 7.92. The van der Waals surface area contributed by atoms with Gasteiger partial charge >= 0.3 is 0 Å². The van der Waals surface area contributed by atoms with Gasteiger partial charge in [0.25, 0.3) is 0 Å². The molecule has 3 aromatic carbocycles. The van der Waals surface area contributed by atoms with Crippen LogP contribution in [0, 0.1) is 0 Å². The fourth-order valence-corrected chi connectivity index (χ4v) is 7.12. The van der Waals surface area contributed by atoms with E-state index in [1.54, 1.807) is 6.07 Å². The fourth-order valence-electron chi connectivity index (χ4n) is 4.89. The summed E-state index contributed by atoms with van der Waals surface area (Å²) < 4.78 is 27.0. The van der Waals surface area contributed by atoms with Gasteiger partial charge in [-0.3, -0.25) is 9.80 Å². The number of rotatable bonds is 4. The highest BCUT2D eigenvalue weighted by Gasteiger charge is 2.48. The van der Waals surface area contributed by atoms with Crippen LogP contribution in [0.4, 0.5) is 0 Å². The molecule has 0 N–H and O–H groups in total. The Hall–Kier alpha value is -2.47. The Bertz CT molecular complexity index is 1110. The molecule has 1 fully saturated rings. The molecule has 2 aliphatic rings. The molecule has 0 saturated carbocycles. The smallest absolute Gasteiger partial charge is 0.187 e. The average molecular weight is 419 g/mol. The van der Waals surface area contributed by atoms with Crippen molar-refractivity contribution < 1.29 is 8.42 Å². The Morgan fingerprint density at radius 3 is 2.03 bits per heavy atom. The molecule has 2 atom stereocenters. The van der Waals surface area contributed by atoms with Gasteiger partial charge in [-0.05, 0) is 22.8 Å². The molecule has 0 spiro atoms. The predicted molar refractivity (Wildman–Crippen MR) is 119 cm³/mol. The van der Waals surface area contributed by atoms with Gasteiger partial charge in [0.2, 0.25) is 0 Å². The highest BCUT2D eigenvalue weighted by Crippen LogP contribution is 2.51. The van der Waals surface area contributed by atoms with E-state index in [-0.39, 0.29) is 6.04 Å². The van der Waals surface area contributed by atoms with Crippen LogP contribution in [0.25, 0.3) is 0 Å². The van der Waals surface area contributed by atoms with Gasteiger partial charge in [0, 0.05) is 32.7 Å². The maximum absolute atomic E-state index is 13.5. The lowest BCUT2D eigenvalue weighted by Gasteiger charge is -2.40. The van der Waals surface area contributed by atoms with E-state index in [1.807, 2.05) is 54.6 Å². The van der Waals surface area contributed by atoms with Crippen LogP contribution in [0.1, 0.15) is 28.0 Å². The summed E-state index contributed by atoms with van der Waals surface area (Å²) in [5, 5.41) is -0.545. The molecule has 2 aliphatic heterocycles. The van der Waals surface area contributed by atoms with Gasteiger partial charge < -0.3 is 0 Å². The van der Waals surface area contributed by atoms with Crippen molar-refractivity contribution in [1.29, 1.82) is 0 Å². The summed E-state index contributed by atoms with van der Waals surface area (Å²) in [7, 11) is -3.42. The summed E-state index contributed by atoms with van der Waals surface area (Å²) >= 11 is 0. The van der Waals surface area contributed by atoms with Crippen LogP contribution < -0.4 is 0 Å². The Kier molecular flexibility index (Phi) is 5.19. The minimum atomic E-state index is -3.42. The molecule has 0 aliphatic carbocycles. The number of piperazine rings is 1. The first-order valence-corrected chi connectivity index (χ1v) is 12.1. The van der Waals surface area contributed by atoms with Gasteiger partial charge in [-0.15, -0.1) is 0 Å². The van der Waals surface area contributed by atoms with E-state index >= 15 is 0 Å². The summed E-state index contributed by atoms with van der Waals surface area (Å²) in [5.74, 6) is 0. The van der Waals surface area contributed by atoms with E-state index < -0.39 is 15.1 Å². The monoisotopic (exact) mass is 418 g/mol. The second-order valence-electron chi connectivity index (χ2n) is 8.16. The van der Waals surface area contributed by atoms with E-state index in [4.69, 9.17) is 0 Å². The van der Waals surface area contributed by atoms with Crippen molar-refractivity contribution in [2.45, 2.75) is 22.7 Å². The molecule has 0 bridgehead atoms. The topological polar surface area (TPSA) is 40.6 Å². The standard InChI is InChI=1S/C25H26N2O2S/c28-30(29)23-14-8-7-13-22(23)24(25(30)21-11-5-2-6-12-21)27-17-15-26(16-18-27)19-20-9-3-1-4-10-20/h1-14,24-25H,15-19H2. The molecule has 5 heteroatoms. The Morgan fingerprint density at radius 1 is 0.733 bits per heavy atom. The van der Waals surface area contributed by atoms with E-state index in [1.165, 1.54) is 5.56 Å². The van der Waals surface area contributed by atoms with E-state index in [9.17, 15) is 8.42 Å². The number of hydrogen-bond donors (Lipinski definition) is 0. The molecule has 154 valence electrons. The maximum atomic E-state index is 13.5. The second-order valence-corrected chi connectivity index (χ2v) is 10.2. The molecule has 0 radical (unpaired) electrons. The molecule has 1 saturated heterocycles. The second kappa shape index (κ2) is 7.99. The zero-order valence-electron chi connectivity index (χ0n) is 16.9. The molecular weight excluding hydrogens is 392 g/mol. The quantitative estimate of drug-likeness (QED) is 0.640. The van der Waals surface area contributed by atoms with Gasteiger partial charge in [-0.1, -0.05) is 78.9 Å². The molecule has 30 heavy (non-hydrogen) atoms. The third-order valence-corrected chi connectivity index (χ3v) is 8.53. The van der Waals surface area contributed by atoms with E-state index in [0.717, 1.165) is 43.9 Å². The van der Waals surface area contributed by atoms with Crippen LogP contribution >= 0.6 is 0 Å². The summed E-state index contributed by atoms with van der Waals surface area (Å²) in [6.07, 6.45) is 0. The van der Waals surface area contributed by atoms with Crippen LogP contribution in [0.3, 0.4) is 0 Å². The number of hydrogen-bond acceptors (Lipinski definition) is 4. The van der Waals surface area contributed by atoms with Gasteiger partial charge in [0.15, 0.2) is 9.84 Å². The molecule has 0 aromatic heterocycles. The average Bonchev–Trinajstić information content (AvgIpc) is 3.03. The normalized spacial score (nSPS) is 23.9. The molecular formula is C25H26N2O2S. The highest BCUT2D eigenvalue weighted by atomic mass is 32.2. The molecule has 3 aromatic rings. The lowest BCUT2D eigenvalue weighted by Crippen LogP contribution is -2.48. The number of fused-ring (bicyclic) bond motifs is 1. The van der Waals surface area contributed by atoms with Crippen LogP contribution in [-0.4, -0.2) is 44.4 Å². The number of benzene rings is 3. The van der Waals surface area contributed by atoms with Crippen LogP contribution in [-0.2, 0) is 16.4 Å². The summed E-state index contributed by atoms with van der Waals surface area (Å²) in [4.78, 5) is 5.33. The Morgan fingerprint density at radius 2 is 1.33 bits per heavy atom. The summed E-state index contributed by atoms with van der Waals surface area (Å²) in [6, 6.07) is 27.7. The largest absolute Gasteiger partial charge is 0.297 e. The first kappa shape index (κ1) is 19.5. The van der Waals surface area contributed by atoms with Crippen molar-refractivity contribution >= 4 is 9.84 Å². The first-order chi connectivity index (χ1) is 14.6. The van der Waals surface area contributed by atoms with Crippen molar-refractivity contribution in [3.8, 4) is 0 Å².